The highest BCUT2D eigenvalue weighted by Gasteiger charge is 2.35. The zero-order chi connectivity index (χ0) is 19.5. The third-order valence-electron chi connectivity index (χ3n) is 3.75. The van der Waals surface area contributed by atoms with E-state index in [2.05, 4.69) is 15.6 Å². The number of hydrogen-bond donors (Lipinski definition) is 1. The van der Waals surface area contributed by atoms with Crippen LogP contribution in [0.25, 0.3) is 0 Å². The fraction of sp³-hybridized carbons (Fsp3) is 0.688. The Labute approximate surface area is 151 Å². The number of carbonyl (C=O) groups is 3. The lowest BCUT2D eigenvalue weighted by Gasteiger charge is -2.20. The topological polar surface area (TPSA) is 116 Å². The molecule has 0 saturated carbocycles. The summed E-state index contributed by atoms with van der Waals surface area (Å²) in [5.41, 5.74) is -0.371. The molecule has 144 valence electrons. The molecular formula is C16H25N5O5. The van der Waals surface area contributed by atoms with Gasteiger partial charge in [0.25, 0.3) is 0 Å². The second-order valence-corrected chi connectivity index (χ2v) is 6.97. The number of likely N-dealkylation sites (N-methyl/N-ethyl adjacent to an activating group) is 1. The predicted molar refractivity (Wildman–Crippen MR) is 90.3 cm³/mol. The number of hydrogen-bond acceptors (Lipinski definition) is 7. The third kappa shape index (κ3) is 4.50. The predicted octanol–water partition coefficient (Wildman–Crippen LogP) is 0.883. The molecule has 26 heavy (non-hydrogen) atoms. The third-order valence-corrected chi connectivity index (χ3v) is 3.75. The molecule has 1 aliphatic rings. The molecule has 10 nitrogen and oxygen atoms in total. The van der Waals surface area contributed by atoms with E-state index >= 15 is 0 Å². The molecule has 0 radical (unpaired) electrons. The average Bonchev–Trinajstić information content (AvgIpc) is 3.08. The highest BCUT2D eigenvalue weighted by molar-refractivity contribution is 5.89. The highest BCUT2D eigenvalue weighted by Crippen LogP contribution is 2.24. The first-order valence-electron chi connectivity index (χ1n) is 8.47. The van der Waals surface area contributed by atoms with Crippen LogP contribution in [-0.4, -0.2) is 63.7 Å². The molecule has 1 saturated heterocycles. The highest BCUT2D eigenvalue weighted by atomic mass is 16.6. The van der Waals surface area contributed by atoms with E-state index in [0.29, 0.717) is 18.7 Å². The molecule has 0 aromatic carbocycles. The Kier molecular flexibility index (Phi) is 5.83. The maximum Gasteiger partial charge on any atom is 0.407 e. The summed E-state index contributed by atoms with van der Waals surface area (Å²) in [6.07, 6.45) is -0.102. The number of ether oxygens (including phenoxy) is 2. The summed E-state index contributed by atoms with van der Waals surface area (Å²) in [6.45, 7) is 7.60. The second-order valence-electron chi connectivity index (χ2n) is 6.97. The number of rotatable bonds is 5. The van der Waals surface area contributed by atoms with Crippen LogP contribution in [0.15, 0.2) is 0 Å². The van der Waals surface area contributed by atoms with Gasteiger partial charge in [-0.1, -0.05) is 5.21 Å². The molecule has 1 aliphatic heterocycles. The van der Waals surface area contributed by atoms with Crippen molar-refractivity contribution in [1.29, 1.82) is 0 Å². The largest absolute Gasteiger partial charge is 0.461 e. The van der Waals surface area contributed by atoms with E-state index in [-0.39, 0.29) is 24.8 Å². The second kappa shape index (κ2) is 7.71. The SMILES string of the molecule is CCOC(=O)c1nnn(C2CCN(C)C2=O)c1CNC(=O)OC(C)(C)C. The van der Waals surface area contributed by atoms with Gasteiger partial charge in [0.2, 0.25) is 5.91 Å². The Bertz CT molecular complexity index is 694. The van der Waals surface area contributed by atoms with Crippen LogP contribution in [0.2, 0.25) is 0 Å². The van der Waals surface area contributed by atoms with Gasteiger partial charge in [0, 0.05) is 13.6 Å². The molecule has 1 atom stereocenters. The first-order valence-corrected chi connectivity index (χ1v) is 8.47. The molecule has 2 rings (SSSR count). The minimum Gasteiger partial charge on any atom is -0.461 e. The normalized spacial score (nSPS) is 17.3. The monoisotopic (exact) mass is 367 g/mol. The van der Waals surface area contributed by atoms with Crippen LogP contribution in [0.5, 0.6) is 0 Å². The van der Waals surface area contributed by atoms with Crippen molar-refractivity contribution >= 4 is 18.0 Å². The van der Waals surface area contributed by atoms with Crippen molar-refractivity contribution in [2.45, 2.75) is 52.3 Å². The molecule has 0 spiro atoms. The summed E-state index contributed by atoms with van der Waals surface area (Å²) in [5, 5.41) is 10.4. The molecule has 1 N–H and O–H groups in total. The molecule has 1 unspecified atom stereocenters. The number of nitrogens with zero attached hydrogens (tertiary/aromatic N) is 4. The van der Waals surface area contributed by atoms with Crippen LogP contribution in [0.4, 0.5) is 4.79 Å². The van der Waals surface area contributed by atoms with Gasteiger partial charge in [-0.05, 0) is 34.1 Å². The molecule has 1 fully saturated rings. The fourth-order valence-corrected chi connectivity index (χ4v) is 2.59. The zero-order valence-corrected chi connectivity index (χ0v) is 15.7. The zero-order valence-electron chi connectivity index (χ0n) is 15.7. The summed E-state index contributed by atoms with van der Waals surface area (Å²) in [5.74, 6) is -0.776. The number of alkyl carbamates (subject to hydrolysis) is 1. The van der Waals surface area contributed by atoms with Gasteiger partial charge in [-0.2, -0.15) is 0 Å². The Hall–Kier alpha value is -2.65. The Morgan fingerprint density at radius 1 is 1.35 bits per heavy atom. The van der Waals surface area contributed by atoms with Crippen LogP contribution in [0.3, 0.4) is 0 Å². The van der Waals surface area contributed by atoms with Crippen molar-refractivity contribution in [3.63, 3.8) is 0 Å². The van der Waals surface area contributed by atoms with Crippen molar-refractivity contribution in [2.75, 3.05) is 20.2 Å². The van der Waals surface area contributed by atoms with E-state index < -0.39 is 23.7 Å². The summed E-state index contributed by atoms with van der Waals surface area (Å²) in [6, 6.07) is -0.564. The molecule has 0 aliphatic carbocycles. The van der Waals surface area contributed by atoms with Gasteiger partial charge in [0.1, 0.15) is 11.6 Å². The Balaban J connectivity index is 2.25. The Morgan fingerprint density at radius 3 is 2.58 bits per heavy atom. The maximum absolute atomic E-state index is 12.3. The molecule has 1 aromatic heterocycles. The number of likely N-dealkylation sites (tertiary alicyclic amines) is 1. The van der Waals surface area contributed by atoms with Crippen LogP contribution in [0.1, 0.15) is 56.3 Å². The average molecular weight is 367 g/mol. The summed E-state index contributed by atoms with van der Waals surface area (Å²) >= 11 is 0. The first kappa shape index (κ1) is 19.7. The lowest BCUT2D eigenvalue weighted by molar-refractivity contribution is -0.129. The quantitative estimate of drug-likeness (QED) is 0.768. The van der Waals surface area contributed by atoms with Gasteiger partial charge in [0.05, 0.1) is 18.8 Å². The first-order chi connectivity index (χ1) is 12.1. The lowest BCUT2D eigenvalue weighted by atomic mass is 10.2. The van der Waals surface area contributed by atoms with E-state index in [1.807, 2.05) is 0 Å². The van der Waals surface area contributed by atoms with E-state index in [1.54, 1.807) is 39.6 Å². The summed E-state index contributed by atoms with van der Waals surface area (Å²) in [4.78, 5) is 38.0. The van der Waals surface area contributed by atoms with E-state index in [4.69, 9.17) is 9.47 Å². The van der Waals surface area contributed by atoms with E-state index in [9.17, 15) is 14.4 Å². The number of nitrogens with one attached hydrogen (secondary N) is 1. The summed E-state index contributed by atoms with van der Waals surface area (Å²) < 4.78 is 11.6. The van der Waals surface area contributed by atoms with Crippen molar-refractivity contribution in [3.05, 3.63) is 11.4 Å². The lowest BCUT2D eigenvalue weighted by Crippen LogP contribution is -2.34. The fourth-order valence-electron chi connectivity index (χ4n) is 2.59. The van der Waals surface area contributed by atoms with Crippen molar-refractivity contribution in [3.8, 4) is 0 Å². The van der Waals surface area contributed by atoms with Crippen molar-refractivity contribution in [1.82, 2.24) is 25.2 Å². The van der Waals surface area contributed by atoms with Gasteiger partial charge in [0.15, 0.2) is 5.69 Å². The van der Waals surface area contributed by atoms with Gasteiger partial charge >= 0.3 is 12.1 Å². The molecular weight excluding hydrogens is 342 g/mol. The molecule has 10 heteroatoms. The van der Waals surface area contributed by atoms with Crippen LogP contribution >= 0.6 is 0 Å². The minimum atomic E-state index is -0.656. The molecule has 2 heterocycles. The van der Waals surface area contributed by atoms with Crippen molar-refractivity contribution < 1.29 is 23.9 Å². The number of esters is 1. The van der Waals surface area contributed by atoms with Crippen molar-refractivity contribution in [2.24, 2.45) is 0 Å². The van der Waals surface area contributed by atoms with E-state index in [1.165, 1.54) is 4.68 Å². The molecule has 1 aromatic rings. The van der Waals surface area contributed by atoms with Gasteiger partial charge < -0.3 is 19.7 Å². The number of carbonyl (C=O) groups excluding carboxylic acids is 3. The van der Waals surface area contributed by atoms with Crippen LogP contribution < -0.4 is 5.32 Å². The van der Waals surface area contributed by atoms with E-state index in [0.717, 1.165) is 0 Å². The van der Waals surface area contributed by atoms with Crippen LogP contribution in [0, 0.1) is 0 Å². The minimum absolute atomic E-state index is 0.0229. The maximum atomic E-state index is 12.3. The standard InChI is InChI=1S/C16H25N5O5/c1-6-25-14(23)12-11(9-17-15(24)26-16(2,3)4)21(19-18-12)10-7-8-20(5)13(10)22/h10H,6-9H2,1-5H3,(H,17,24). The van der Waals surface area contributed by atoms with Gasteiger partial charge in [-0.3, -0.25) is 4.79 Å². The molecule has 2 amide bonds. The number of aromatic nitrogens is 3. The van der Waals surface area contributed by atoms with Crippen LogP contribution in [-0.2, 0) is 20.8 Å². The molecule has 0 bridgehead atoms. The number of amides is 2. The van der Waals surface area contributed by atoms with Gasteiger partial charge in [-0.25, -0.2) is 14.3 Å². The smallest absolute Gasteiger partial charge is 0.407 e. The summed E-state index contributed by atoms with van der Waals surface area (Å²) in [7, 11) is 1.70. The van der Waals surface area contributed by atoms with Gasteiger partial charge in [-0.15, -0.1) is 5.10 Å². The Morgan fingerprint density at radius 2 is 2.04 bits per heavy atom.